The van der Waals surface area contributed by atoms with Crippen molar-refractivity contribution in [2.24, 2.45) is 0 Å². The molecule has 1 aromatic carbocycles. The highest BCUT2D eigenvalue weighted by molar-refractivity contribution is 9.10. The van der Waals surface area contributed by atoms with Crippen LogP contribution in [0.25, 0.3) is 16.6 Å². The number of ether oxygens (including phenoxy) is 2. The molecule has 0 unspecified atom stereocenters. The second kappa shape index (κ2) is 6.57. The van der Waals surface area contributed by atoms with Gasteiger partial charge in [-0.1, -0.05) is 12.1 Å². The molecule has 0 atom stereocenters. The number of hydrogen-bond donors (Lipinski definition) is 0. The Hall–Kier alpha value is -2.41. The maximum Gasteiger partial charge on any atom is 0.403 e. The Balaban J connectivity index is 2.84. The van der Waals surface area contributed by atoms with E-state index in [9.17, 15) is 14.7 Å². The fraction of sp³-hybridized carbons (Fsp3) is 0.133. The maximum absolute atomic E-state index is 12.2. The lowest BCUT2D eigenvalue weighted by Crippen LogP contribution is -2.42. The molecule has 0 fully saturated rings. The summed E-state index contributed by atoms with van der Waals surface area (Å²) in [7, 11) is 2.20. The van der Waals surface area contributed by atoms with Crippen LogP contribution in [0.15, 0.2) is 46.8 Å². The Kier molecular flexibility index (Phi) is 4.77. The highest BCUT2D eigenvalue weighted by atomic mass is 79.9. The van der Waals surface area contributed by atoms with Crippen molar-refractivity contribution in [3.8, 4) is 0 Å². The normalized spacial score (nSPS) is 11.8. The van der Waals surface area contributed by atoms with E-state index >= 15 is 0 Å². The van der Waals surface area contributed by atoms with Gasteiger partial charge >= 0.3 is 11.9 Å². The Morgan fingerprint density at radius 2 is 1.77 bits per heavy atom. The predicted octanol–water partition coefficient (Wildman–Crippen LogP) is 0.765. The molecule has 0 amide bonds. The quantitative estimate of drug-likeness (QED) is 0.347. The van der Waals surface area contributed by atoms with Crippen LogP contribution in [-0.4, -0.2) is 26.2 Å². The number of para-hydroxylation sites is 1. The average Bonchev–Trinajstić information content (AvgIpc) is 2.53. The van der Waals surface area contributed by atoms with E-state index in [4.69, 9.17) is 0 Å². The highest BCUT2D eigenvalue weighted by Gasteiger charge is 2.28. The summed E-state index contributed by atoms with van der Waals surface area (Å²) in [5.74, 6) is -3.15. The topological polar surface area (TPSA) is 79.5 Å². The molecule has 0 spiro atoms. The molecule has 1 heterocycles. The number of fused-ring (bicyclic) bond motifs is 1. The third-order valence-electron chi connectivity index (χ3n) is 2.95. The third-order valence-corrected chi connectivity index (χ3v) is 3.38. The van der Waals surface area contributed by atoms with Crippen LogP contribution in [0.4, 0.5) is 0 Å². The van der Waals surface area contributed by atoms with Crippen molar-refractivity contribution >= 4 is 44.5 Å². The van der Waals surface area contributed by atoms with Crippen molar-refractivity contribution in [1.82, 2.24) is 0 Å². The van der Waals surface area contributed by atoms with Crippen molar-refractivity contribution in [3.63, 3.8) is 0 Å². The van der Waals surface area contributed by atoms with Gasteiger partial charge in [0, 0.05) is 11.5 Å². The number of nitrogens with zero attached hydrogens (tertiary/aromatic N) is 1. The van der Waals surface area contributed by atoms with Gasteiger partial charge in [-0.15, -0.1) is 0 Å². The molecular weight excluding hydrogens is 354 g/mol. The second-order valence-electron chi connectivity index (χ2n) is 4.25. The van der Waals surface area contributed by atoms with E-state index in [1.54, 1.807) is 12.1 Å². The van der Waals surface area contributed by atoms with Crippen LogP contribution >= 0.6 is 15.9 Å². The third kappa shape index (κ3) is 2.94. The average molecular weight is 366 g/mol. The highest BCUT2D eigenvalue weighted by Crippen LogP contribution is 2.18. The summed E-state index contributed by atoms with van der Waals surface area (Å²) in [5.41, 5.74) is 0.134. The SMILES string of the molecule is COC(=O)/C([O-])=C(\C(=O)OC)[n+]1cc(Br)cc2ccccc21. The van der Waals surface area contributed by atoms with Gasteiger partial charge in [-0.3, -0.25) is 0 Å². The molecule has 0 N–H and O–H groups in total. The Labute approximate surface area is 134 Å². The molecule has 0 bridgehead atoms. The monoisotopic (exact) mass is 365 g/mol. The summed E-state index contributed by atoms with van der Waals surface area (Å²) < 4.78 is 11.0. The molecule has 22 heavy (non-hydrogen) atoms. The molecule has 1 aromatic heterocycles. The summed E-state index contributed by atoms with van der Waals surface area (Å²) >= 11 is 3.31. The number of pyridine rings is 1. The van der Waals surface area contributed by atoms with E-state index < -0.39 is 23.4 Å². The Morgan fingerprint density at radius 3 is 2.41 bits per heavy atom. The van der Waals surface area contributed by atoms with E-state index in [0.29, 0.717) is 9.99 Å². The van der Waals surface area contributed by atoms with Gasteiger partial charge in [0.05, 0.1) is 24.5 Å². The minimum absolute atomic E-state index is 0.438. The lowest BCUT2D eigenvalue weighted by atomic mass is 10.2. The first-order valence-corrected chi connectivity index (χ1v) is 6.97. The van der Waals surface area contributed by atoms with Crippen molar-refractivity contribution < 1.29 is 28.7 Å². The van der Waals surface area contributed by atoms with E-state index in [1.165, 1.54) is 10.8 Å². The van der Waals surface area contributed by atoms with Crippen LogP contribution in [0.1, 0.15) is 0 Å². The van der Waals surface area contributed by atoms with Gasteiger partial charge in [0.25, 0.3) is 5.70 Å². The van der Waals surface area contributed by atoms with Gasteiger partial charge in [-0.25, -0.2) is 9.59 Å². The van der Waals surface area contributed by atoms with Crippen LogP contribution in [0, 0.1) is 0 Å². The first-order valence-electron chi connectivity index (χ1n) is 6.17. The number of carbonyl (C=O) groups is 2. The van der Waals surface area contributed by atoms with Crippen molar-refractivity contribution in [2.45, 2.75) is 0 Å². The number of methoxy groups -OCH3 is 2. The van der Waals surface area contributed by atoms with Crippen molar-refractivity contribution in [1.29, 1.82) is 0 Å². The number of benzene rings is 1. The van der Waals surface area contributed by atoms with E-state index in [1.807, 2.05) is 18.2 Å². The smallest absolute Gasteiger partial charge is 0.403 e. The lowest BCUT2D eigenvalue weighted by Gasteiger charge is -2.12. The summed E-state index contributed by atoms with van der Waals surface area (Å²) in [4.78, 5) is 23.5. The van der Waals surface area contributed by atoms with E-state index in [0.717, 1.165) is 19.6 Å². The van der Waals surface area contributed by atoms with E-state index in [2.05, 4.69) is 25.4 Å². The molecule has 0 aliphatic rings. The molecule has 7 heteroatoms. The molecule has 0 aliphatic heterocycles. The fourth-order valence-electron chi connectivity index (χ4n) is 1.98. The first-order chi connectivity index (χ1) is 10.5. The molecule has 6 nitrogen and oxygen atoms in total. The van der Waals surface area contributed by atoms with Gasteiger partial charge in [-0.05, 0) is 28.1 Å². The number of halogens is 1. The van der Waals surface area contributed by atoms with Gasteiger partial charge in [0.15, 0.2) is 6.20 Å². The predicted molar refractivity (Wildman–Crippen MR) is 79.1 cm³/mol. The summed E-state index contributed by atoms with van der Waals surface area (Å²) in [6, 6.07) is 8.93. The number of hydrogen-bond acceptors (Lipinski definition) is 5. The number of esters is 2. The van der Waals surface area contributed by atoms with E-state index in [-0.39, 0.29) is 0 Å². The minimum Gasteiger partial charge on any atom is -0.863 e. The molecule has 0 radical (unpaired) electrons. The molecule has 114 valence electrons. The van der Waals surface area contributed by atoms with Crippen molar-refractivity contribution in [3.05, 3.63) is 46.8 Å². The lowest BCUT2D eigenvalue weighted by molar-refractivity contribution is -0.555. The number of aromatic nitrogens is 1. The summed E-state index contributed by atoms with van der Waals surface area (Å²) in [6.07, 6.45) is 1.51. The zero-order valence-corrected chi connectivity index (χ0v) is 13.4. The maximum atomic E-state index is 12.2. The Bertz CT molecular complexity index is 785. The number of carbonyl (C=O) groups excluding carboxylic acids is 2. The molecule has 2 rings (SSSR count). The zero-order valence-electron chi connectivity index (χ0n) is 11.8. The fourth-order valence-corrected chi connectivity index (χ4v) is 2.43. The molecule has 0 saturated carbocycles. The van der Waals surface area contributed by atoms with Gasteiger partial charge in [0.1, 0.15) is 0 Å². The second-order valence-corrected chi connectivity index (χ2v) is 5.16. The standard InChI is InChI=1S/C15H12BrNO5/c1-21-14(19)12(13(18)15(20)22-2)17-8-10(16)7-9-5-3-4-6-11(9)17/h3-8H,1-2H3. The number of rotatable bonds is 3. The molecule has 0 saturated heterocycles. The zero-order chi connectivity index (χ0) is 16.3. The minimum atomic E-state index is -1.14. The van der Waals surface area contributed by atoms with Crippen LogP contribution < -0.4 is 9.67 Å². The molecular formula is C15H12BrNO5. The van der Waals surface area contributed by atoms with Crippen molar-refractivity contribution in [2.75, 3.05) is 14.2 Å². The summed E-state index contributed by atoms with van der Waals surface area (Å²) in [5, 5.41) is 13.0. The van der Waals surface area contributed by atoms with Gasteiger partial charge in [-0.2, -0.15) is 4.57 Å². The first kappa shape index (κ1) is 16.0. The molecule has 2 aromatic rings. The van der Waals surface area contributed by atoms with Gasteiger partial charge in [0.2, 0.25) is 5.52 Å². The van der Waals surface area contributed by atoms with Crippen LogP contribution in [-0.2, 0) is 19.1 Å². The summed E-state index contributed by atoms with van der Waals surface area (Å²) in [6.45, 7) is 0. The van der Waals surface area contributed by atoms with Gasteiger partial charge < -0.3 is 14.6 Å². The van der Waals surface area contributed by atoms with Crippen LogP contribution in [0.2, 0.25) is 0 Å². The van der Waals surface area contributed by atoms with Crippen LogP contribution in [0.3, 0.4) is 0 Å². The largest absolute Gasteiger partial charge is 0.863 e. The Morgan fingerprint density at radius 1 is 1.14 bits per heavy atom. The molecule has 0 aliphatic carbocycles. The van der Waals surface area contributed by atoms with Crippen LogP contribution in [0.5, 0.6) is 0 Å².